The van der Waals surface area contributed by atoms with Crippen LogP contribution in [0, 0.1) is 0 Å². The summed E-state index contributed by atoms with van der Waals surface area (Å²) in [6, 6.07) is 0. The van der Waals surface area contributed by atoms with E-state index in [4.69, 9.17) is 14.2 Å². The van der Waals surface area contributed by atoms with Gasteiger partial charge in [-0.15, -0.1) is 0 Å². The molecule has 0 aromatic carbocycles. The first-order chi connectivity index (χ1) is 40.0. The molecule has 1 atom stereocenters. The quantitative estimate of drug-likeness (QED) is 0.0261. The molecule has 0 radical (unpaired) electrons. The lowest BCUT2D eigenvalue weighted by Crippen LogP contribution is -2.30. The van der Waals surface area contributed by atoms with E-state index in [2.05, 4.69) is 32.9 Å². The Bertz CT molecular complexity index is 1260. The third-order valence-electron chi connectivity index (χ3n) is 17.3. The highest BCUT2D eigenvalue weighted by atomic mass is 16.6. The molecule has 6 heteroatoms. The van der Waals surface area contributed by atoms with Crippen molar-refractivity contribution in [2.45, 2.75) is 438 Å². The molecule has 0 saturated heterocycles. The van der Waals surface area contributed by atoms with Crippen LogP contribution in [0.3, 0.4) is 0 Å². The normalized spacial score (nSPS) is 12.0. The minimum atomic E-state index is -0.770. The van der Waals surface area contributed by atoms with Crippen LogP contribution in [0.4, 0.5) is 0 Å². The Hall–Kier alpha value is -1.85. The van der Waals surface area contributed by atoms with Gasteiger partial charge in [0.2, 0.25) is 0 Å². The van der Waals surface area contributed by atoms with Gasteiger partial charge in [-0.25, -0.2) is 0 Å². The Balaban J connectivity index is 4.18. The predicted molar refractivity (Wildman–Crippen MR) is 353 cm³/mol. The van der Waals surface area contributed by atoms with Gasteiger partial charge in [0.05, 0.1) is 0 Å². The van der Waals surface area contributed by atoms with Crippen molar-refractivity contribution < 1.29 is 28.6 Å². The molecule has 0 rings (SSSR count). The number of hydrogen-bond donors (Lipinski definition) is 0. The maximum absolute atomic E-state index is 13.0. The number of unbranched alkanes of at least 4 members (excludes halogenated alkanes) is 57. The third kappa shape index (κ3) is 68.8. The standard InChI is InChI=1S/C75H144O6/c1-4-7-10-13-16-19-22-25-28-30-32-33-34-35-36-37-38-39-40-41-43-44-47-50-53-56-59-62-65-68-74(77)80-71-72(70-79-73(76)67-64-61-58-55-52-49-46-27-24-21-18-15-12-9-6-3)81-75(78)69-66-63-60-57-54-51-48-45-42-31-29-26-23-20-17-14-11-8-5-2/h27,46,72H,4-26,28-45,47-71H2,1-3H3/b46-27-. The third-order valence-corrected chi connectivity index (χ3v) is 17.3. The molecule has 81 heavy (non-hydrogen) atoms. The highest BCUT2D eigenvalue weighted by Gasteiger charge is 2.20. The number of rotatable bonds is 70. The number of carbonyl (C=O) groups excluding carboxylic acids is 3. The van der Waals surface area contributed by atoms with Gasteiger partial charge >= 0.3 is 17.9 Å². The minimum absolute atomic E-state index is 0.0655. The van der Waals surface area contributed by atoms with Crippen LogP contribution in [0.2, 0.25) is 0 Å². The Kier molecular flexibility index (Phi) is 69.0. The molecule has 0 bridgehead atoms. The topological polar surface area (TPSA) is 78.9 Å². The summed E-state index contributed by atoms with van der Waals surface area (Å²) in [6.07, 6.45) is 85.5. The van der Waals surface area contributed by atoms with Crippen molar-refractivity contribution in [2.75, 3.05) is 13.2 Å². The maximum Gasteiger partial charge on any atom is 0.306 e. The molecule has 0 fully saturated rings. The summed E-state index contributed by atoms with van der Waals surface area (Å²) < 4.78 is 17.0. The largest absolute Gasteiger partial charge is 0.462 e. The zero-order valence-corrected chi connectivity index (χ0v) is 55.4. The summed E-state index contributed by atoms with van der Waals surface area (Å²) in [4.78, 5) is 38.5. The first kappa shape index (κ1) is 79.2. The molecule has 0 aliphatic rings. The molecular formula is C75H144O6. The molecule has 0 aliphatic carbocycles. The highest BCUT2D eigenvalue weighted by Crippen LogP contribution is 2.20. The molecule has 480 valence electrons. The van der Waals surface area contributed by atoms with Gasteiger partial charge in [-0.3, -0.25) is 14.4 Å². The van der Waals surface area contributed by atoms with E-state index < -0.39 is 6.10 Å². The molecule has 0 amide bonds. The Morgan fingerprint density at radius 3 is 0.617 bits per heavy atom. The van der Waals surface area contributed by atoms with Crippen molar-refractivity contribution in [2.24, 2.45) is 0 Å². The van der Waals surface area contributed by atoms with E-state index in [-0.39, 0.29) is 31.1 Å². The van der Waals surface area contributed by atoms with Gasteiger partial charge in [-0.1, -0.05) is 380 Å². The second-order valence-electron chi connectivity index (χ2n) is 25.6. The van der Waals surface area contributed by atoms with E-state index in [1.807, 2.05) is 0 Å². The monoisotopic (exact) mass is 1140 g/mol. The molecular weight excluding hydrogens is 997 g/mol. The van der Waals surface area contributed by atoms with Crippen LogP contribution in [0.1, 0.15) is 432 Å². The molecule has 0 saturated carbocycles. The fourth-order valence-electron chi connectivity index (χ4n) is 11.7. The van der Waals surface area contributed by atoms with Crippen LogP contribution >= 0.6 is 0 Å². The van der Waals surface area contributed by atoms with Gasteiger partial charge in [0.1, 0.15) is 13.2 Å². The van der Waals surface area contributed by atoms with Crippen LogP contribution in [0.15, 0.2) is 12.2 Å². The average molecular weight is 1140 g/mol. The smallest absolute Gasteiger partial charge is 0.306 e. The molecule has 0 heterocycles. The highest BCUT2D eigenvalue weighted by molar-refractivity contribution is 5.71. The Morgan fingerprint density at radius 2 is 0.407 bits per heavy atom. The summed E-state index contributed by atoms with van der Waals surface area (Å²) in [5, 5.41) is 0. The van der Waals surface area contributed by atoms with Crippen molar-refractivity contribution in [3.05, 3.63) is 12.2 Å². The lowest BCUT2D eigenvalue weighted by Gasteiger charge is -2.18. The lowest BCUT2D eigenvalue weighted by atomic mass is 10.0. The van der Waals surface area contributed by atoms with E-state index >= 15 is 0 Å². The fraction of sp³-hybridized carbons (Fsp3) is 0.933. The molecule has 1 unspecified atom stereocenters. The van der Waals surface area contributed by atoms with Crippen molar-refractivity contribution in [1.29, 1.82) is 0 Å². The molecule has 0 spiro atoms. The predicted octanol–water partition coefficient (Wildman–Crippen LogP) is 25.6. The number of carbonyl (C=O) groups is 3. The van der Waals surface area contributed by atoms with Crippen LogP contribution < -0.4 is 0 Å². The second kappa shape index (κ2) is 70.6. The van der Waals surface area contributed by atoms with Crippen LogP contribution in [0.25, 0.3) is 0 Å². The molecule has 0 aliphatic heterocycles. The van der Waals surface area contributed by atoms with E-state index in [0.717, 1.165) is 64.2 Å². The Morgan fingerprint density at radius 1 is 0.235 bits per heavy atom. The fourth-order valence-corrected chi connectivity index (χ4v) is 11.7. The van der Waals surface area contributed by atoms with Gasteiger partial charge in [0.25, 0.3) is 0 Å². The molecule has 6 nitrogen and oxygen atoms in total. The Labute approximate surface area is 507 Å². The minimum Gasteiger partial charge on any atom is -0.462 e. The van der Waals surface area contributed by atoms with Crippen molar-refractivity contribution in [1.82, 2.24) is 0 Å². The zero-order valence-electron chi connectivity index (χ0n) is 55.4. The van der Waals surface area contributed by atoms with Crippen LogP contribution in [0.5, 0.6) is 0 Å². The van der Waals surface area contributed by atoms with Gasteiger partial charge in [-0.05, 0) is 44.9 Å². The van der Waals surface area contributed by atoms with E-state index in [0.29, 0.717) is 19.3 Å². The maximum atomic E-state index is 13.0. The van der Waals surface area contributed by atoms with Crippen molar-refractivity contribution in [3.63, 3.8) is 0 Å². The SMILES string of the molecule is CCCCCCCC/C=C\CCCCCCCC(=O)OCC(COC(=O)CCCCCCCCCCCCCCCCCCCCCCCCCCCCCCC)OC(=O)CCCCCCCCCCCCCCCCCCCCC. The van der Waals surface area contributed by atoms with E-state index in [1.165, 1.54) is 327 Å². The van der Waals surface area contributed by atoms with E-state index in [1.54, 1.807) is 0 Å². The zero-order chi connectivity index (χ0) is 58.5. The second-order valence-corrected chi connectivity index (χ2v) is 25.6. The van der Waals surface area contributed by atoms with Crippen LogP contribution in [-0.2, 0) is 28.6 Å². The average Bonchev–Trinajstić information content (AvgIpc) is 3.47. The van der Waals surface area contributed by atoms with Gasteiger partial charge < -0.3 is 14.2 Å². The van der Waals surface area contributed by atoms with Crippen LogP contribution in [-0.4, -0.2) is 37.2 Å². The summed E-state index contributed by atoms with van der Waals surface area (Å²) in [6.45, 7) is 6.73. The molecule has 0 N–H and O–H groups in total. The van der Waals surface area contributed by atoms with Crippen molar-refractivity contribution >= 4 is 17.9 Å². The number of ether oxygens (including phenoxy) is 3. The number of allylic oxidation sites excluding steroid dienone is 2. The first-order valence-corrected chi connectivity index (χ1v) is 37.2. The number of hydrogen-bond acceptors (Lipinski definition) is 6. The van der Waals surface area contributed by atoms with Crippen molar-refractivity contribution in [3.8, 4) is 0 Å². The summed E-state index contributed by atoms with van der Waals surface area (Å²) in [7, 11) is 0. The summed E-state index contributed by atoms with van der Waals surface area (Å²) >= 11 is 0. The van der Waals surface area contributed by atoms with E-state index in [9.17, 15) is 14.4 Å². The summed E-state index contributed by atoms with van der Waals surface area (Å²) in [5.41, 5.74) is 0. The lowest BCUT2D eigenvalue weighted by molar-refractivity contribution is -0.167. The molecule has 0 aromatic rings. The molecule has 0 aromatic heterocycles. The van der Waals surface area contributed by atoms with Gasteiger partial charge in [-0.2, -0.15) is 0 Å². The van der Waals surface area contributed by atoms with Gasteiger partial charge in [0.15, 0.2) is 6.10 Å². The first-order valence-electron chi connectivity index (χ1n) is 37.2. The number of esters is 3. The van der Waals surface area contributed by atoms with Gasteiger partial charge in [0, 0.05) is 19.3 Å². The summed E-state index contributed by atoms with van der Waals surface area (Å²) in [5.74, 6) is -0.837.